The van der Waals surface area contributed by atoms with Crippen LogP contribution in [0.15, 0.2) is 15.8 Å². The van der Waals surface area contributed by atoms with Crippen LogP contribution in [0.25, 0.3) is 0 Å². The van der Waals surface area contributed by atoms with Crippen molar-refractivity contribution >= 4 is 0 Å². The number of nitrogens with one attached hydrogen (secondary N) is 1. The molecule has 23 heavy (non-hydrogen) atoms. The quantitative estimate of drug-likeness (QED) is 0.436. The van der Waals surface area contributed by atoms with E-state index in [1.165, 1.54) is 21.0 Å². The second-order valence-electron chi connectivity index (χ2n) is 5.27. The Labute approximate surface area is 130 Å². The number of hydrogen-bond acceptors (Lipinski definition) is 8. The molecule has 2 heterocycles. The lowest BCUT2D eigenvalue weighted by molar-refractivity contribution is -0.363. The van der Waals surface area contributed by atoms with Gasteiger partial charge in [-0.3, -0.25) is 9.78 Å². The number of aromatic nitrogens is 2. The largest absolute Gasteiger partial charge is 0.394 e. The average Bonchev–Trinajstić information content (AvgIpc) is 2.76. The molecule has 130 valence electrons. The standard InChI is InChI=1S/C13H20N2O8/c1-6-4-15(12(20)14-11(6)19)13(22-7(2)21-3)10(18)9(17)8(5-16)23-13/h4,7-10,16-18H,5H2,1-3H3,(H,14,19,20)/t7?,8-,9-,10-,13-/m1/s1. The number of aliphatic hydroxyl groups is 3. The van der Waals surface area contributed by atoms with E-state index in [0.717, 1.165) is 10.8 Å². The van der Waals surface area contributed by atoms with Crippen molar-refractivity contribution in [1.82, 2.24) is 9.55 Å². The van der Waals surface area contributed by atoms with Gasteiger partial charge in [0.1, 0.15) is 12.2 Å². The second-order valence-corrected chi connectivity index (χ2v) is 5.27. The predicted molar refractivity (Wildman–Crippen MR) is 75.6 cm³/mol. The Kier molecular flexibility index (Phi) is 5.04. The van der Waals surface area contributed by atoms with Crippen molar-refractivity contribution in [2.75, 3.05) is 13.7 Å². The number of nitrogens with zero attached hydrogens (tertiary/aromatic N) is 1. The van der Waals surface area contributed by atoms with Crippen LogP contribution in [-0.4, -0.2) is 63.2 Å². The molecule has 0 saturated carbocycles. The number of aliphatic hydroxyl groups excluding tert-OH is 3. The summed E-state index contributed by atoms with van der Waals surface area (Å²) in [4.78, 5) is 25.7. The Balaban J connectivity index is 2.62. The summed E-state index contributed by atoms with van der Waals surface area (Å²) in [7, 11) is 1.33. The van der Waals surface area contributed by atoms with Crippen molar-refractivity contribution < 1.29 is 29.5 Å². The summed E-state index contributed by atoms with van der Waals surface area (Å²) >= 11 is 0. The van der Waals surface area contributed by atoms with E-state index in [-0.39, 0.29) is 5.56 Å². The molecule has 1 aliphatic rings. The number of H-pyrrole nitrogens is 1. The van der Waals surface area contributed by atoms with Gasteiger partial charge in [-0.05, 0) is 13.8 Å². The third-order valence-corrected chi connectivity index (χ3v) is 3.70. The fraction of sp³-hybridized carbons (Fsp3) is 0.692. The molecule has 1 aliphatic heterocycles. The van der Waals surface area contributed by atoms with Gasteiger partial charge in [0, 0.05) is 18.9 Å². The molecule has 0 spiro atoms. The minimum Gasteiger partial charge on any atom is -0.394 e. The molecule has 0 aromatic carbocycles. The van der Waals surface area contributed by atoms with Crippen molar-refractivity contribution in [1.29, 1.82) is 0 Å². The topological polar surface area (TPSA) is 143 Å². The molecule has 1 unspecified atom stereocenters. The van der Waals surface area contributed by atoms with Crippen LogP contribution < -0.4 is 11.2 Å². The van der Waals surface area contributed by atoms with Gasteiger partial charge in [0.25, 0.3) is 11.5 Å². The van der Waals surface area contributed by atoms with Crippen LogP contribution in [0.2, 0.25) is 0 Å². The highest BCUT2D eigenvalue weighted by atomic mass is 16.8. The van der Waals surface area contributed by atoms with Gasteiger partial charge in [-0.15, -0.1) is 0 Å². The maximum absolute atomic E-state index is 12.2. The zero-order valence-electron chi connectivity index (χ0n) is 12.9. The Morgan fingerprint density at radius 2 is 2.13 bits per heavy atom. The second kappa shape index (κ2) is 6.51. The first-order chi connectivity index (χ1) is 10.8. The summed E-state index contributed by atoms with van der Waals surface area (Å²) in [5.41, 5.74) is -1.35. The molecular formula is C13H20N2O8. The highest BCUT2D eigenvalue weighted by Gasteiger charge is 2.58. The van der Waals surface area contributed by atoms with Crippen LogP contribution in [0.5, 0.6) is 0 Å². The SMILES string of the molecule is COC(C)O[C@@]1(n2cc(C)c(=O)[nH]c2=O)O[C@H](CO)[C@@H](O)[C@H]1O. The van der Waals surface area contributed by atoms with Crippen LogP contribution in [-0.2, 0) is 20.1 Å². The van der Waals surface area contributed by atoms with Gasteiger partial charge in [-0.25, -0.2) is 9.36 Å². The zero-order valence-corrected chi connectivity index (χ0v) is 12.9. The number of rotatable bonds is 5. The van der Waals surface area contributed by atoms with E-state index < -0.39 is 48.4 Å². The Hall–Kier alpha value is -1.56. The Morgan fingerprint density at radius 3 is 2.65 bits per heavy atom. The molecule has 10 nitrogen and oxygen atoms in total. The summed E-state index contributed by atoms with van der Waals surface area (Å²) < 4.78 is 16.7. The van der Waals surface area contributed by atoms with E-state index in [1.807, 2.05) is 0 Å². The highest BCUT2D eigenvalue weighted by Crippen LogP contribution is 2.37. The first kappa shape index (κ1) is 17.8. The summed E-state index contributed by atoms with van der Waals surface area (Å²) in [6, 6.07) is 0. The molecule has 0 bridgehead atoms. The number of aromatic amines is 1. The fourth-order valence-electron chi connectivity index (χ4n) is 2.36. The molecule has 1 aromatic rings. The molecule has 1 saturated heterocycles. The predicted octanol–water partition coefficient (Wildman–Crippen LogP) is -2.42. The van der Waals surface area contributed by atoms with Crippen molar-refractivity contribution in [2.24, 2.45) is 0 Å². The molecule has 1 fully saturated rings. The minimum absolute atomic E-state index is 0.162. The molecule has 0 radical (unpaired) electrons. The third-order valence-electron chi connectivity index (χ3n) is 3.70. The lowest BCUT2D eigenvalue weighted by Gasteiger charge is -2.35. The normalized spacial score (nSPS) is 32.2. The lowest BCUT2D eigenvalue weighted by Crippen LogP contribution is -2.55. The average molecular weight is 332 g/mol. The number of ether oxygens (including phenoxy) is 3. The first-order valence-corrected chi connectivity index (χ1v) is 6.95. The number of methoxy groups -OCH3 is 1. The molecule has 5 atom stereocenters. The van der Waals surface area contributed by atoms with E-state index in [9.17, 15) is 24.9 Å². The highest BCUT2D eigenvalue weighted by molar-refractivity contribution is 5.05. The van der Waals surface area contributed by atoms with Crippen LogP contribution in [0.1, 0.15) is 12.5 Å². The Bertz CT molecular complexity index is 667. The molecule has 2 rings (SSSR count). The fourth-order valence-corrected chi connectivity index (χ4v) is 2.36. The van der Waals surface area contributed by atoms with E-state index in [2.05, 4.69) is 4.98 Å². The van der Waals surface area contributed by atoms with E-state index >= 15 is 0 Å². The van der Waals surface area contributed by atoms with Crippen LogP contribution in [0.3, 0.4) is 0 Å². The third kappa shape index (κ3) is 2.96. The van der Waals surface area contributed by atoms with Gasteiger partial charge >= 0.3 is 5.69 Å². The molecule has 0 amide bonds. The van der Waals surface area contributed by atoms with Crippen LogP contribution >= 0.6 is 0 Å². The zero-order chi connectivity index (χ0) is 17.4. The van der Waals surface area contributed by atoms with Crippen molar-refractivity contribution in [3.8, 4) is 0 Å². The van der Waals surface area contributed by atoms with Crippen molar-refractivity contribution in [2.45, 2.75) is 44.4 Å². The molecule has 0 aliphatic carbocycles. The van der Waals surface area contributed by atoms with Gasteiger partial charge < -0.3 is 29.5 Å². The maximum atomic E-state index is 12.2. The van der Waals surface area contributed by atoms with Gasteiger partial charge in [0.05, 0.1) is 6.61 Å². The minimum atomic E-state index is -2.16. The monoisotopic (exact) mass is 332 g/mol. The van der Waals surface area contributed by atoms with Gasteiger partial charge in [0.2, 0.25) is 0 Å². The summed E-state index contributed by atoms with van der Waals surface area (Å²) in [6.45, 7) is 2.32. The van der Waals surface area contributed by atoms with Crippen molar-refractivity contribution in [3.05, 3.63) is 32.6 Å². The van der Waals surface area contributed by atoms with E-state index in [1.54, 1.807) is 0 Å². The Morgan fingerprint density at radius 1 is 1.48 bits per heavy atom. The molecule has 10 heteroatoms. The lowest BCUT2D eigenvalue weighted by atomic mass is 10.1. The number of hydrogen-bond donors (Lipinski definition) is 4. The van der Waals surface area contributed by atoms with Gasteiger partial charge in [0.15, 0.2) is 12.4 Å². The van der Waals surface area contributed by atoms with Crippen LogP contribution in [0.4, 0.5) is 0 Å². The first-order valence-electron chi connectivity index (χ1n) is 6.95. The van der Waals surface area contributed by atoms with E-state index in [4.69, 9.17) is 14.2 Å². The van der Waals surface area contributed by atoms with Crippen molar-refractivity contribution in [3.63, 3.8) is 0 Å². The van der Waals surface area contributed by atoms with Crippen LogP contribution in [0, 0.1) is 6.92 Å². The maximum Gasteiger partial charge on any atom is 0.332 e. The molecule has 1 aromatic heterocycles. The smallest absolute Gasteiger partial charge is 0.332 e. The molecular weight excluding hydrogens is 312 g/mol. The number of aryl methyl sites for hydroxylation is 1. The van der Waals surface area contributed by atoms with E-state index in [0.29, 0.717) is 0 Å². The van der Waals surface area contributed by atoms with Gasteiger partial charge in [-0.2, -0.15) is 0 Å². The summed E-state index contributed by atoms with van der Waals surface area (Å²) in [5, 5.41) is 29.6. The summed E-state index contributed by atoms with van der Waals surface area (Å²) in [5.74, 6) is -2.16. The summed E-state index contributed by atoms with van der Waals surface area (Å²) in [6.07, 6.45) is -4.19. The molecule has 4 N–H and O–H groups in total. The van der Waals surface area contributed by atoms with Gasteiger partial charge in [-0.1, -0.05) is 0 Å².